The van der Waals surface area contributed by atoms with E-state index in [-0.39, 0.29) is 6.10 Å². The lowest BCUT2D eigenvalue weighted by Crippen LogP contribution is -2.29. The molecule has 0 amide bonds. The number of aryl methyl sites for hydroxylation is 1. The highest BCUT2D eigenvalue weighted by Crippen LogP contribution is 2.26. The van der Waals surface area contributed by atoms with E-state index < -0.39 is 0 Å². The van der Waals surface area contributed by atoms with Gasteiger partial charge >= 0.3 is 0 Å². The van der Waals surface area contributed by atoms with Crippen molar-refractivity contribution in [3.63, 3.8) is 0 Å². The lowest BCUT2D eigenvalue weighted by Gasteiger charge is -2.24. The summed E-state index contributed by atoms with van der Waals surface area (Å²) < 4.78 is 11.6. The molecule has 1 saturated carbocycles. The molecule has 4 N–H and O–H groups in total. The topological polar surface area (TPSA) is 116 Å². The molecule has 30 heavy (non-hydrogen) atoms. The SMILES string of the molecule is Cc1nc(/C(N)=C(\Cc2nc(CC(C)C)no2)N(C)N)ccc1OC1CCCCC1. The maximum atomic E-state index is 6.44. The van der Waals surface area contributed by atoms with Crippen LogP contribution in [0, 0.1) is 12.8 Å². The molecule has 0 bridgehead atoms. The van der Waals surface area contributed by atoms with Gasteiger partial charge in [0.2, 0.25) is 5.89 Å². The van der Waals surface area contributed by atoms with Gasteiger partial charge < -0.3 is 20.0 Å². The van der Waals surface area contributed by atoms with Crippen molar-refractivity contribution in [2.45, 2.75) is 71.8 Å². The first-order valence-electron chi connectivity index (χ1n) is 10.8. The summed E-state index contributed by atoms with van der Waals surface area (Å²) >= 11 is 0. The van der Waals surface area contributed by atoms with Crippen molar-refractivity contribution in [1.82, 2.24) is 20.1 Å². The molecule has 2 heterocycles. The molecule has 0 unspecified atom stereocenters. The average Bonchev–Trinajstić information content (AvgIpc) is 3.14. The number of rotatable bonds is 8. The van der Waals surface area contributed by atoms with E-state index in [0.29, 0.717) is 41.1 Å². The van der Waals surface area contributed by atoms with Crippen molar-refractivity contribution in [3.05, 3.63) is 40.9 Å². The Labute approximate surface area is 178 Å². The number of hydrogen-bond acceptors (Lipinski definition) is 8. The fourth-order valence-electron chi connectivity index (χ4n) is 3.70. The van der Waals surface area contributed by atoms with E-state index in [1.54, 1.807) is 7.05 Å². The van der Waals surface area contributed by atoms with Gasteiger partial charge in [-0.2, -0.15) is 4.98 Å². The molecule has 0 spiro atoms. The number of nitrogens with two attached hydrogens (primary N) is 2. The highest BCUT2D eigenvalue weighted by atomic mass is 16.5. The number of nitrogens with zero attached hydrogens (tertiary/aromatic N) is 4. The number of likely N-dealkylation sites (N-methyl/N-ethyl adjacent to an activating group) is 1. The van der Waals surface area contributed by atoms with Crippen LogP contribution >= 0.6 is 0 Å². The third-order valence-corrected chi connectivity index (χ3v) is 5.32. The Morgan fingerprint density at radius 3 is 2.60 bits per heavy atom. The molecule has 8 heteroatoms. The van der Waals surface area contributed by atoms with Crippen LogP contribution in [0.15, 0.2) is 22.4 Å². The second-order valence-corrected chi connectivity index (χ2v) is 8.51. The summed E-state index contributed by atoms with van der Waals surface area (Å²) in [6.45, 7) is 6.17. The van der Waals surface area contributed by atoms with Gasteiger partial charge in [-0.15, -0.1) is 0 Å². The van der Waals surface area contributed by atoms with E-state index >= 15 is 0 Å². The molecular weight excluding hydrogens is 380 g/mol. The Hall–Kier alpha value is -2.61. The summed E-state index contributed by atoms with van der Waals surface area (Å²) in [6.07, 6.45) is 7.34. The normalized spacial score (nSPS) is 15.9. The molecule has 1 aliphatic carbocycles. The molecular formula is C22H34N6O2. The third kappa shape index (κ3) is 5.72. The molecule has 0 atom stereocenters. The maximum Gasteiger partial charge on any atom is 0.232 e. The van der Waals surface area contributed by atoms with Gasteiger partial charge in [0.15, 0.2) is 5.82 Å². The fraction of sp³-hybridized carbons (Fsp3) is 0.591. The molecule has 8 nitrogen and oxygen atoms in total. The first-order chi connectivity index (χ1) is 14.3. The summed E-state index contributed by atoms with van der Waals surface area (Å²) in [5, 5.41) is 5.52. The summed E-state index contributed by atoms with van der Waals surface area (Å²) in [5.74, 6) is 8.50. The van der Waals surface area contributed by atoms with E-state index in [1.807, 2.05) is 19.1 Å². The van der Waals surface area contributed by atoms with E-state index in [1.165, 1.54) is 24.3 Å². The minimum atomic E-state index is 0.279. The molecule has 2 aromatic heterocycles. The van der Waals surface area contributed by atoms with Gasteiger partial charge in [-0.25, -0.2) is 10.8 Å². The minimum absolute atomic E-state index is 0.279. The van der Waals surface area contributed by atoms with Crippen LogP contribution in [0.3, 0.4) is 0 Å². The number of hydrazine groups is 1. The molecule has 0 aliphatic heterocycles. The Morgan fingerprint density at radius 2 is 1.97 bits per heavy atom. The summed E-state index contributed by atoms with van der Waals surface area (Å²) in [5.41, 5.74) is 9.06. The maximum absolute atomic E-state index is 6.44. The minimum Gasteiger partial charge on any atom is -0.489 e. The standard InChI is InChI=1S/C22H34N6O2/c1-14(2)12-20-26-21(30-27-20)13-18(28(4)24)22(23)17-10-11-19(15(3)25-17)29-16-8-6-5-7-9-16/h10-11,14,16H,5-9,12-13,23-24H2,1-4H3/b22-18-. The monoisotopic (exact) mass is 414 g/mol. The zero-order valence-electron chi connectivity index (χ0n) is 18.5. The Balaban J connectivity index is 1.78. The van der Waals surface area contributed by atoms with Crippen LogP contribution in [-0.2, 0) is 12.8 Å². The molecule has 3 rings (SSSR count). The number of aromatic nitrogens is 3. The molecule has 0 radical (unpaired) electrons. The van der Waals surface area contributed by atoms with Crippen LogP contribution < -0.4 is 16.3 Å². The first kappa shape index (κ1) is 22.1. The third-order valence-electron chi connectivity index (χ3n) is 5.32. The second kappa shape index (κ2) is 9.93. The molecule has 1 fully saturated rings. The highest BCUT2D eigenvalue weighted by molar-refractivity contribution is 5.63. The first-order valence-corrected chi connectivity index (χ1v) is 10.8. The van der Waals surface area contributed by atoms with Crippen molar-refractivity contribution in [2.24, 2.45) is 17.5 Å². The molecule has 1 aliphatic rings. The van der Waals surface area contributed by atoms with E-state index in [4.69, 9.17) is 20.8 Å². The Morgan fingerprint density at radius 1 is 1.23 bits per heavy atom. The van der Waals surface area contributed by atoms with Crippen molar-refractivity contribution >= 4 is 5.70 Å². The zero-order valence-corrected chi connectivity index (χ0v) is 18.5. The van der Waals surface area contributed by atoms with Gasteiger partial charge in [-0.3, -0.25) is 0 Å². The lowest BCUT2D eigenvalue weighted by molar-refractivity contribution is 0.153. The largest absolute Gasteiger partial charge is 0.489 e. The van der Waals surface area contributed by atoms with Crippen molar-refractivity contribution in [2.75, 3.05) is 7.05 Å². The lowest BCUT2D eigenvalue weighted by atomic mass is 9.98. The van der Waals surface area contributed by atoms with Crippen molar-refractivity contribution in [3.8, 4) is 5.75 Å². The highest BCUT2D eigenvalue weighted by Gasteiger charge is 2.19. The second-order valence-electron chi connectivity index (χ2n) is 8.51. The van der Waals surface area contributed by atoms with E-state index in [9.17, 15) is 0 Å². The van der Waals surface area contributed by atoms with Crippen LogP contribution in [-0.4, -0.2) is 33.3 Å². The Bertz CT molecular complexity index is 868. The van der Waals surface area contributed by atoms with Crippen molar-refractivity contribution in [1.29, 1.82) is 0 Å². The molecule has 164 valence electrons. The summed E-state index contributed by atoms with van der Waals surface area (Å²) in [7, 11) is 1.74. The smallest absolute Gasteiger partial charge is 0.232 e. The van der Waals surface area contributed by atoms with Crippen LogP contribution in [0.4, 0.5) is 0 Å². The van der Waals surface area contributed by atoms with Gasteiger partial charge in [-0.1, -0.05) is 25.4 Å². The number of hydrogen-bond donors (Lipinski definition) is 2. The summed E-state index contributed by atoms with van der Waals surface area (Å²) in [4.78, 5) is 9.13. The number of ether oxygens (including phenoxy) is 1. The zero-order chi connectivity index (χ0) is 21.7. The fourth-order valence-corrected chi connectivity index (χ4v) is 3.70. The van der Waals surface area contributed by atoms with E-state index in [2.05, 4.69) is 29.0 Å². The van der Waals surface area contributed by atoms with Crippen LogP contribution in [0.2, 0.25) is 0 Å². The molecule has 2 aromatic rings. The predicted octanol–water partition coefficient (Wildman–Crippen LogP) is 3.36. The average molecular weight is 415 g/mol. The molecule has 0 aromatic carbocycles. The Kier molecular flexibility index (Phi) is 7.31. The summed E-state index contributed by atoms with van der Waals surface area (Å²) in [6, 6.07) is 3.82. The van der Waals surface area contributed by atoms with Crippen molar-refractivity contribution < 1.29 is 9.26 Å². The van der Waals surface area contributed by atoms with Gasteiger partial charge in [0.1, 0.15) is 5.75 Å². The quantitative estimate of drug-likeness (QED) is 0.499. The van der Waals surface area contributed by atoms with Crippen LogP contribution in [0.1, 0.15) is 69.1 Å². The van der Waals surface area contributed by atoms with Gasteiger partial charge in [0.25, 0.3) is 0 Å². The predicted molar refractivity (Wildman–Crippen MR) is 116 cm³/mol. The van der Waals surface area contributed by atoms with Crippen LogP contribution in [0.25, 0.3) is 5.70 Å². The van der Waals surface area contributed by atoms with Gasteiger partial charge in [-0.05, 0) is 50.7 Å². The van der Waals surface area contributed by atoms with E-state index in [0.717, 1.165) is 30.7 Å². The number of allylic oxidation sites excluding steroid dienone is 1. The van der Waals surface area contributed by atoms with Crippen LogP contribution in [0.5, 0.6) is 5.75 Å². The van der Waals surface area contributed by atoms with Gasteiger partial charge in [0, 0.05) is 13.5 Å². The van der Waals surface area contributed by atoms with Gasteiger partial charge in [0.05, 0.1) is 35.3 Å². The number of pyridine rings is 1. The molecule has 0 saturated heterocycles.